The van der Waals surface area contributed by atoms with E-state index >= 15 is 0 Å². The van der Waals surface area contributed by atoms with E-state index < -0.39 is 10.0 Å². The second-order valence-electron chi connectivity index (χ2n) is 4.62. The number of aryl methyl sites for hydroxylation is 1. The van der Waals surface area contributed by atoms with E-state index in [1.807, 2.05) is 13.8 Å². The lowest BCUT2D eigenvalue weighted by Gasteiger charge is -2.11. The van der Waals surface area contributed by atoms with E-state index in [0.29, 0.717) is 18.7 Å². The fraction of sp³-hybridized carbons (Fsp3) is 0.538. The van der Waals surface area contributed by atoms with Crippen LogP contribution in [0.25, 0.3) is 0 Å². The molecule has 1 aromatic rings. The number of nitrogens with one attached hydrogen (secondary N) is 1. The Hall–Kier alpha value is -0.950. The summed E-state index contributed by atoms with van der Waals surface area (Å²) in [4.78, 5) is 0.286. The van der Waals surface area contributed by atoms with Gasteiger partial charge in [-0.1, -0.05) is 12.1 Å². The standard InChI is InChI=1S/C13H22N2O3S/c1-10(2)18-7-6-15-19(16,17)13-5-4-12(9-14)8-11(13)3/h4-5,8,10,15H,6-7,9,14H2,1-3H3. The molecule has 3 N–H and O–H groups in total. The first-order chi connectivity index (χ1) is 8.86. The summed E-state index contributed by atoms with van der Waals surface area (Å²) in [5.74, 6) is 0. The van der Waals surface area contributed by atoms with Crippen molar-refractivity contribution in [3.05, 3.63) is 29.3 Å². The molecule has 0 fully saturated rings. The topological polar surface area (TPSA) is 81.4 Å². The van der Waals surface area contributed by atoms with Gasteiger partial charge in [-0.15, -0.1) is 0 Å². The number of nitrogens with two attached hydrogens (primary N) is 1. The summed E-state index contributed by atoms with van der Waals surface area (Å²) in [5.41, 5.74) is 7.13. The van der Waals surface area contributed by atoms with Crippen LogP contribution in [0.5, 0.6) is 0 Å². The Morgan fingerprint density at radius 3 is 2.58 bits per heavy atom. The van der Waals surface area contributed by atoms with Gasteiger partial charge < -0.3 is 10.5 Å². The van der Waals surface area contributed by atoms with E-state index in [1.54, 1.807) is 25.1 Å². The minimum Gasteiger partial charge on any atom is -0.377 e. The molecule has 0 aliphatic rings. The van der Waals surface area contributed by atoms with Crippen molar-refractivity contribution in [2.75, 3.05) is 13.2 Å². The zero-order valence-corrected chi connectivity index (χ0v) is 12.5. The molecule has 0 unspecified atom stereocenters. The summed E-state index contributed by atoms with van der Waals surface area (Å²) < 4.78 is 32.0. The van der Waals surface area contributed by atoms with Crippen molar-refractivity contribution in [1.82, 2.24) is 4.72 Å². The van der Waals surface area contributed by atoms with Crippen LogP contribution in [0, 0.1) is 6.92 Å². The highest BCUT2D eigenvalue weighted by molar-refractivity contribution is 7.89. The number of ether oxygens (including phenoxy) is 1. The van der Waals surface area contributed by atoms with Gasteiger partial charge in [-0.2, -0.15) is 0 Å². The number of sulfonamides is 1. The van der Waals surface area contributed by atoms with Crippen molar-refractivity contribution in [2.24, 2.45) is 5.73 Å². The summed E-state index contributed by atoms with van der Waals surface area (Å²) >= 11 is 0. The Bertz CT molecular complexity index is 513. The fourth-order valence-corrected chi connectivity index (χ4v) is 2.93. The third-order valence-electron chi connectivity index (χ3n) is 2.61. The van der Waals surface area contributed by atoms with E-state index in [9.17, 15) is 8.42 Å². The Kier molecular flexibility index (Phi) is 5.93. The van der Waals surface area contributed by atoms with Crippen LogP contribution in [0.1, 0.15) is 25.0 Å². The highest BCUT2D eigenvalue weighted by atomic mass is 32.2. The predicted octanol–water partition coefficient (Wildman–Crippen LogP) is 1.16. The number of hydrogen-bond donors (Lipinski definition) is 2. The lowest BCUT2D eigenvalue weighted by molar-refractivity contribution is 0.0834. The van der Waals surface area contributed by atoms with Crippen molar-refractivity contribution < 1.29 is 13.2 Å². The molecule has 0 radical (unpaired) electrons. The minimum atomic E-state index is -3.48. The molecule has 108 valence electrons. The van der Waals surface area contributed by atoms with Gasteiger partial charge in [-0.25, -0.2) is 13.1 Å². The maximum Gasteiger partial charge on any atom is 0.240 e. The van der Waals surface area contributed by atoms with Gasteiger partial charge in [0.15, 0.2) is 0 Å². The molecule has 0 bridgehead atoms. The van der Waals surface area contributed by atoms with Crippen LogP contribution in [0.4, 0.5) is 0 Å². The lowest BCUT2D eigenvalue weighted by Crippen LogP contribution is -2.28. The van der Waals surface area contributed by atoms with Crippen LogP contribution in [0.15, 0.2) is 23.1 Å². The molecule has 0 spiro atoms. The summed E-state index contributed by atoms with van der Waals surface area (Å²) in [5, 5.41) is 0. The maximum atomic E-state index is 12.1. The van der Waals surface area contributed by atoms with Crippen molar-refractivity contribution in [2.45, 2.75) is 38.3 Å². The molecule has 0 saturated carbocycles. The molecular weight excluding hydrogens is 264 g/mol. The average Bonchev–Trinajstić information content (AvgIpc) is 2.34. The van der Waals surface area contributed by atoms with E-state index in [0.717, 1.165) is 5.56 Å². The zero-order chi connectivity index (χ0) is 14.5. The van der Waals surface area contributed by atoms with Gasteiger partial charge in [0, 0.05) is 13.1 Å². The van der Waals surface area contributed by atoms with Crippen LogP contribution in [0.2, 0.25) is 0 Å². The van der Waals surface area contributed by atoms with Gasteiger partial charge in [-0.05, 0) is 38.0 Å². The molecular formula is C13H22N2O3S. The molecule has 0 aromatic heterocycles. The van der Waals surface area contributed by atoms with Crippen LogP contribution in [-0.4, -0.2) is 27.7 Å². The number of rotatable bonds is 7. The zero-order valence-electron chi connectivity index (χ0n) is 11.6. The van der Waals surface area contributed by atoms with E-state index in [4.69, 9.17) is 10.5 Å². The summed E-state index contributed by atoms with van der Waals surface area (Å²) in [6.07, 6.45) is 0.0927. The second-order valence-corrected chi connectivity index (χ2v) is 6.36. The van der Waals surface area contributed by atoms with Gasteiger partial charge in [-0.3, -0.25) is 0 Å². The molecule has 1 rings (SSSR count). The molecule has 6 heteroatoms. The summed E-state index contributed by atoms with van der Waals surface area (Å²) in [7, 11) is -3.48. The van der Waals surface area contributed by atoms with Gasteiger partial charge in [0.25, 0.3) is 0 Å². The van der Waals surface area contributed by atoms with Crippen LogP contribution < -0.4 is 10.5 Å². The van der Waals surface area contributed by atoms with E-state index in [-0.39, 0.29) is 17.5 Å². The van der Waals surface area contributed by atoms with E-state index in [1.165, 1.54) is 0 Å². The van der Waals surface area contributed by atoms with Gasteiger partial charge >= 0.3 is 0 Å². The van der Waals surface area contributed by atoms with Gasteiger partial charge in [0.1, 0.15) is 0 Å². The lowest BCUT2D eigenvalue weighted by atomic mass is 10.1. The molecule has 19 heavy (non-hydrogen) atoms. The van der Waals surface area contributed by atoms with Crippen molar-refractivity contribution >= 4 is 10.0 Å². The summed E-state index contributed by atoms with van der Waals surface area (Å²) in [6.45, 7) is 6.60. The Balaban J connectivity index is 2.72. The third-order valence-corrected chi connectivity index (χ3v) is 4.23. The maximum absolute atomic E-state index is 12.1. The first kappa shape index (κ1) is 16.1. The van der Waals surface area contributed by atoms with Crippen molar-refractivity contribution in [3.63, 3.8) is 0 Å². The quantitative estimate of drug-likeness (QED) is 0.737. The molecule has 0 aliphatic heterocycles. The first-order valence-corrected chi connectivity index (χ1v) is 7.76. The van der Waals surface area contributed by atoms with Crippen molar-refractivity contribution in [1.29, 1.82) is 0 Å². The predicted molar refractivity (Wildman–Crippen MR) is 75.3 cm³/mol. The molecule has 0 amide bonds. The third kappa shape index (κ3) is 4.91. The molecule has 0 atom stereocenters. The van der Waals surface area contributed by atoms with E-state index in [2.05, 4.69) is 4.72 Å². The molecule has 0 aliphatic carbocycles. The van der Waals surface area contributed by atoms with Gasteiger partial charge in [0.05, 0.1) is 17.6 Å². The molecule has 0 heterocycles. The molecule has 0 saturated heterocycles. The monoisotopic (exact) mass is 286 g/mol. The summed E-state index contributed by atoms with van der Waals surface area (Å²) in [6, 6.07) is 5.11. The Morgan fingerprint density at radius 1 is 1.37 bits per heavy atom. The average molecular weight is 286 g/mol. The SMILES string of the molecule is Cc1cc(CN)ccc1S(=O)(=O)NCCOC(C)C. The Morgan fingerprint density at radius 2 is 2.05 bits per heavy atom. The number of hydrogen-bond acceptors (Lipinski definition) is 4. The smallest absolute Gasteiger partial charge is 0.240 e. The molecule has 1 aromatic carbocycles. The van der Waals surface area contributed by atoms with Gasteiger partial charge in [0.2, 0.25) is 10.0 Å². The largest absolute Gasteiger partial charge is 0.377 e. The highest BCUT2D eigenvalue weighted by Crippen LogP contribution is 2.16. The van der Waals surface area contributed by atoms with Crippen molar-refractivity contribution in [3.8, 4) is 0 Å². The molecule has 5 nitrogen and oxygen atoms in total. The van der Waals surface area contributed by atoms with Crippen LogP contribution in [-0.2, 0) is 21.3 Å². The highest BCUT2D eigenvalue weighted by Gasteiger charge is 2.16. The first-order valence-electron chi connectivity index (χ1n) is 6.27. The normalized spacial score (nSPS) is 12.1. The van der Waals surface area contributed by atoms with Crippen LogP contribution >= 0.6 is 0 Å². The van der Waals surface area contributed by atoms with Crippen LogP contribution in [0.3, 0.4) is 0 Å². The minimum absolute atomic E-state index is 0.0927. The second kappa shape index (κ2) is 7.00. The number of benzene rings is 1. The fourth-order valence-electron chi connectivity index (χ4n) is 1.69. The Labute approximate surface area is 115 Å².